The number of hydrogen-bond acceptors (Lipinski definition) is 4. The number of likely N-dealkylation sites (tertiary alicyclic amines) is 1. The summed E-state index contributed by atoms with van der Waals surface area (Å²) in [6.45, 7) is 3.83. The Balaban J connectivity index is 1.20. The third kappa shape index (κ3) is 4.61. The van der Waals surface area contributed by atoms with E-state index in [1.54, 1.807) is 0 Å². The van der Waals surface area contributed by atoms with Crippen LogP contribution in [0.4, 0.5) is 0 Å². The molecule has 0 bridgehead atoms. The topological polar surface area (TPSA) is 50.8 Å². The summed E-state index contributed by atoms with van der Waals surface area (Å²) in [5.41, 5.74) is 1.33. The number of benzene rings is 2. The minimum Gasteiger partial charge on any atom is -0.486 e. The second-order valence-electron chi connectivity index (χ2n) is 7.28. The summed E-state index contributed by atoms with van der Waals surface area (Å²) in [4.78, 5) is 15.0. The van der Waals surface area contributed by atoms with Crippen molar-refractivity contribution in [2.75, 3.05) is 26.2 Å². The first-order chi connectivity index (χ1) is 13.3. The van der Waals surface area contributed by atoms with Crippen LogP contribution in [0, 0.1) is 5.92 Å². The number of piperidine rings is 1. The lowest BCUT2D eigenvalue weighted by atomic mass is 9.95. The molecule has 0 radical (unpaired) electrons. The Hall–Kier alpha value is -2.53. The fourth-order valence-corrected chi connectivity index (χ4v) is 3.72. The van der Waals surface area contributed by atoms with Gasteiger partial charge in [0.05, 0.1) is 6.54 Å². The first-order valence-electron chi connectivity index (χ1n) is 9.70. The van der Waals surface area contributed by atoms with E-state index < -0.39 is 0 Å². The maximum atomic E-state index is 12.5. The SMILES string of the molecule is O=C(NC[C@@H]1COc2ccccc2O1)C1CCN(Cc2ccccc2)CC1. The van der Waals surface area contributed by atoms with Crippen molar-refractivity contribution in [3.05, 3.63) is 60.2 Å². The molecule has 0 saturated carbocycles. The van der Waals surface area contributed by atoms with Crippen LogP contribution in [0.5, 0.6) is 11.5 Å². The molecule has 5 heteroatoms. The lowest BCUT2D eigenvalue weighted by Crippen LogP contribution is -2.45. The van der Waals surface area contributed by atoms with E-state index in [1.807, 2.05) is 30.3 Å². The molecule has 0 spiro atoms. The maximum absolute atomic E-state index is 12.5. The number of rotatable bonds is 5. The highest BCUT2D eigenvalue weighted by molar-refractivity contribution is 5.78. The molecule has 1 atom stereocenters. The molecule has 1 amide bonds. The van der Waals surface area contributed by atoms with Gasteiger partial charge in [-0.25, -0.2) is 0 Å². The smallest absolute Gasteiger partial charge is 0.223 e. The normalized spacial score (nSPS) is 20.2. The molecule has 2 aliphatic rings. The van der Waals surface area contributed by atoms with Crippen LogP contribution in [0.3, 0.4) is 0 Å². The van der Waals surface area contributed by atoms with Crippen LogP contribution in [-0.4, -0.2) is 43.2 Å². The monoisotopic (exact) mass is 366 g/mol. The number of para-hydroxylation sites is 2. The Morgan fingerprint density at radius 2 is 1.70 bits per heavy atom. The minimum atomic E-state index is -0.137. The Bertz CT molecular complexity index is 757. The van der Waals surface area contributed by atoms with Gasteiger partial charge in [-0.1, -0.05) is 42.5 Å². The number of ether oxygens (including phenoxy) is 2. The summed E-state index contributed by atoms with van der Waals surface area (Å²) >= 11 is 0. The van der Waals surface area contributed by atoms with E-state index in [4.69, 9.17) is 9.47 Å². The van der Waals surface area contributed by atoms with Crippen LogP contribution in [-0.2, 0) is 11.3 Å². The van der Waals surface area contributed by atoms with Gasteiger partial charge >= 0.3 is 0 Å². The van der Waals surface area contributed by atoms with E-state index >= 15 is 0 Å². The third-order valence-electron chi connectivity index (χ3n) is 5.28. The van der Waals surface area contributed by atoms with Gasteiger partial charge in [-0.15, -0.1) is 0 Å². The van der Waals surface area contributed by atoms with Gasteiger partial charge in [0.25, 0.3) is 0 Å². The zero-order valence-electron chi connectivity index (χ0n) is 15.5. The maximum Gasteiger partial charge on any atom is 0.223 e. The van der Waals surface area contributed by atoms with Crippen molar-refractivity contribution in [1.82, 2.24) is 10.2 Å². The molecule has 2 aromatic carbocycles. The largest absolute Gasteiger partial charge is 0.486 e. The minimum absolute atomic E-state index is 0.0915. The van der Waals surface area contributed by atoms with E-state index in [0.29, 0.717) is 13.2 Å². The van der Waals surface area contributed by atoms with Crippen molar-refractivity contribution in [3.63, 3.8) is 0 Å². The average molecular weight is 366 g/mol. The molecule has 0 aromatic heterocycles. The standard InChI is InChI=1S/C22H26N2O3/c25-22(23-14-19-16-26-20-8-4-5-9-21(20)27-19)18-10-12-24(13-11-18)15-17-6-2-1-3-7-17/h1-9,18-19H,10-16H2,(H,23,25)/t19-/m1/s1. The lowest BCUT2D eigenvalue weighted by molar-refractivity contribution is -0.127. The Kier molecular flexibility index (Phi) is 5.58. The van der Waals surface area contributed by atoms with E-state index in [2.05, 4.69) is 34.5 Å². The fourth-order valence-electron chi connectivity index (χ4n) is 3.72. The second kappa shape index (κ2) is 8.44. The summed E-state index contributed by atoms with van der Waals surface area (Å²) < 4.78 is 11.6. The van der Waals surface area contributed by atoms with Crippen molar-refractivity contribution >= 4 is 5.91 Å². The summed E-state index contributed by atoms with van der Waals surface area (Å²) in [6.07, 6.45) is 1.68. The second-order valence-corrected chi connectivity index (χ2v) is 7.28. The summed E-state index contributed by atoms with van der Waals surface area (Å²) in [5.74, 6) is 1.74. The number of nitrogens with zero attached hydrogens (tertiary/aromatic N) is 1. The van der Waals surface area contributed by atoms with Crippen molar-refractivity contribution < 1.29 is 14.3 Å². The first kappa shape index (κ1) is 17.9. The highest BCUT2D eigenvalue weighted by atomic mass is 16.6. The predicted molar refractivity (Wildman–Crippen MR) is 104 cm³/mol. The molecular formula is C22H26N2O3. The van der Waals surface area contributed by atoms with Gasteiger partial charge in [0.15, 0.2) is 11.5 Å². The van der Waals surface area contributed by atoms with Gasteiger partial charge in [-0.05, 0) is 43.6 Å². The van der Waals surface area contributed by atoms with Gasteiger partial charge in [0, 0.05) is 12.5 Å². The lowest BCUT2D eigenvalue weighted by Gasteiger charge is -2.32. The molecule has 0 aliphatic carbocycles. The molecule has 27 heavy (non-hydrogen) atoms. The molecular weight excluding hydrogens is 340 g/mol. The van der Waals surface area contributed by atoms with Crippen LogP contribution in [0.2, 0.25) is 0 Å². The van der Waals surface area contributed by atoms with Gasteiger partial charge in [-0.2, -0.15) is 0 Å². The van der Waals surface area contributed by atoms with E-state index in [1.165, 1.54) is 5.56 Å². The Morgan fingerprint density at radius 1 is 1.00 bits per heavy atom. The molecule has 5 nitrogen and oxygen atoms in total. The number of nitrogens with one attached hydrogen (secondary N) is 1. The summed E-state index contributed by atoms with van der Waals surface area (Å²) in [6, 6.07) is 18.1. The molecule has 2 aliphatic heterocycles. The number of carbonyl (C=O) groups excluding carboxylic acids is 1. The van der Waals surface area contributed by atoms with Crippen LogP contribution >= 0.6 is 0 Å². The molecule has 1 saturated heterocycles. The average Bonchev–Trinajstić information content (AvgIpc) is 2.73. The van der Waals surface area contributed by atoms with E-state index in [0.717, 1.165) is 44.0 Å². The van der Waals surface area contributed by atoms with Crippen LogP contribution < -0.4 is 14.8 Å². The molecule has 1 N–H and O–H groups in total. The highest BCUT2D eigenvalue weighted by Crippen LogP contribution is 2.30. The van der Waals surface area contributed by atoms with Crippen molar-refractivity contribution in [2.24, 2.45) is 5.92 Å². The van der Waals surface area contributed by atoms with Crippen molar-refractivity contribution in [3.8, 4) is 11.5 Å². The van der Waals surface area contributed by atoms with Crippen LogP contribution in [0.15, 0.2) is 54.6 Å². The molecule has 1 fully saturated rings. The predicted octanol–water partition coefficient (Wildman–Crippen LogP) is 2.85. The van der Waals surface area contributed by atoms with Crippen LogP contribution in [0.1, 0.15) is 18.4 Å². The van der Waals surface area contributed by atoms with E-state index in [-0.39, 0.29) is 17.9 Å². The molecule has 142 valence electrons. The molecule has 4 rings (SSSR count). The van der Waals surface area contributed by atoms with Crippen molar-refractivity contribution in [2.45, 2.75) is 25.5 Å². The van der Waals surface area contributed by atoms with E-state index in [9.17, 15) is 4.79 Å². The van der Waals surface area contributed by atoms with Crippen LogP contribution in [0.25, 0.3) is 0 Å². The molecule has 0 unspecified atom stereocenters. The van der Waals surface area contributed by atoms with Crippen molar-refractivity contribution in [1.29, 1.82) is 0 Å². The summed E-state index contributed by atoms with van der Waals surface area (Å²) in [7, 11) is 0. The molecule has 2 aromatic rings. The van der Waals surface area contributed by atoms with Gasteiger partial charge < -0.3 is 14.8 Å². The third-order valence-corrected chi connectivity index (χ3v) is 5.28. The molecule has 2 heterocycles. The first-order valence-corrected chi connectivity index (χ1v) is 9.70. The zero-order valence-corrected chi connectivity index (χ0v) is 15.5. The quantitative estimate of drug-likeness (QED) is 0.884. The number of carbonyl (C=O) groups is 1. The van der Waals surface area contributed by atoms with Gasteiger partial charge in [-0.3, -0.25) is 9.69 Å². The summed E-state index contributed by atoms with van der Waals surface area (Å²) in [5, 5.41) is 3.05. The van der Waals surface area contributed by atoms with Gasteiger partial charge in [0.2, 0.25) is 5.91 Å². The number of fused-ring (bicyclic) bond motifs is 1. The number of hydrogen-bond donors (Lipinski definition) is 1. The zero-order chi connectivity index (χ0) is 18.5. The van der Waals surface area contributed by atoms with Gasteiger partial charge in [0.1, 0.15) is 12.7 Å². The Labute approximate surface area is 160 Å². The Morgan fingerprint density at radius 3 is 2.48 bits per heavy atom. The number of amides is 1. The fraction of sp³-hybridized carbons (Fsp3) is 0.409. The highest BCUT2D eigenvalue weighted by Gasteiger charge is 2.27.